The lowest BCUT2D eigenvalue weighted by Gasteiger charge is -2.32. The molecule has 0 unspecified atom stereocenters. The number of benzene rings is 1. The molecule has 1 aromatic carbocycles. The minimum atomic E-state index is -3.62. The highest BCUT2D eigenvalue weighted by Gasteiger charge is 2.24. The van der Waals surface area contributed by atoms with Crippen molar-refractivity contribution in [2.24, 2.45) is 5.14 Å². The Kier molecular flexibility index (Phi) is 4.48. The number of hydrogen-bond donors (Lipinski definition) is 2. The predicted molar refractivity (Wildman–Crippen MR) is 94.0 cm³/mol. The fourth-order valence-electron chi connectivity index (χ4n) is 3.18. The van der Waals surface area contributed by atoms with Gasteiger partial charge >= 0.3 is 0 Å². The quantitative estimate of drug-likeness (QED) is 0.840. The third-order valence-corrected chi connectivity index (χ3v) is 5.63. The Morgan fingerprint density at radius 1 is 1.12 bits per heavy atom. The van der Waals surface area contributed by atoms with E-state index in [0.717, 1.165) is 27.7 Å². The molecule has 24 heavy (non-hydrogen) atoms. The van der Waals surface area contributed by atoms with Gasteiger partial charge in [-0.05, 0) is 25.0 Å². The highest BCUT2D eigenvalue weighted by atomic mass is 32.2. The molecule has 0 spiro atoms. The van der Waals surface area contributed by atoms with E-state index in [1.165, 1.54) is 4.31 Å². The molecule has 2 heterocycles. The molecule has 0 atom stereocenters. The van der Waals surface area contributed by atoms with E-state index in [1.54, 1.807) is 6.07 Å². The molecule has 0 aliphatic carbocycles. The Bertz CT molecular complexity index is 928. The third-order valence-electron chi connectivity index (χ3n) is 4.54. The minimum Gasteiger partial charge on any atom is -0.357 e. The van der Waals surface area contributed by atoms with Crippen LogP contribution in [-0.2, 0) is 16.8 Å². The summed E-state index contributed by atoms with van der Waals surface area (Å²) >= 11 is 0. The van der Waals surface area contributed by atoms with Gasteiger partial charge in [0.05, 0.1) is 5.52 Å². The molecule has 0 bridgehead atoms. The first-order valence-corrected chi connectivity index (χ1v) is 9.38. The molecule has 1 saturated heterocycles. The second-order valence-electron chi connectivity index (χ2n) is 6.33. The summed E-state index contributed by atoms with van der Waals surface area (Å²) in [5.74, 6) is 0. The van der Waals surface area contributed by atoms with Crippen LogP contribution in [0.1, 0.15) is 16.8 Å². The molecule has 1 fully saturated rings. The summed E-state index contributed by atoms with van der Waals surface area (Å²) in [5, 5.41) is 5.89. The molecule has 8 heteroatoms. The molecule has 3 rings (SSSR count). The van der Waals surface area contributed by atoms with Crippen molar-refractivity contribution < 1.29 is 8.42 Å². The fraction of sp³-hybridized carbons (Fsp3) is 0.438. The largest absolute Gasteiger partial charge is 0.357 e. The van der Waals surface area contributed by atoms with E-state index in [9.17, 15) is 13.2 Å². The molecule has 0 saturated carbocycles. The van der Waals surface area contributed by atoms with Gasteiger partial charge in [0.2, 0.25) is 0 Å². The Balaban J connectivity index is 1.82. The van der Waals surface area contributed by atoms with E-state index in [-0.39, 0.29) is 5.43 Å². The van der Waals surface area contributed by atoms with Gasteiger partial charge in [0.1, 0.15) is 0 Å². The summed E-state index contributed by atoms with van der Waals surface area (Å²) in [4.78, 5) is 17.9. The SMILES string of the molecule is Cc1ccc(C)c2c(=O)cc(CN3CCN(S(N)(=O)=O)CC3)[nH]c12. The van der Waals surface area contributed by atoms with Gasteiger partial charge in [-0.3, -0.25) is 9.69 Å². The normalized spacial score (nSPS) is 17.5. The topological polar surface area (TPSA) is 99.5 Å². The van der Waals surface area contributed by atoms with Crippen LogP contribution in [0.3, 0.4) is 0 Å². The molecule has 1 aliphatic heterocycles. The molecular weight excluding hydrogens is 328 g/mol. The van der Waals surface area contributed by atoms with E-state index in [4.69, 9.17) is 5.14 Å². The van der Waals surface area contributed by atoms with Crippen LogP contribution >= 0.6 is 0 Å². The summed E-state index contributed by atoms with van der Waals surface area (Å²) in [5.41, 5.74) is 3.73. The number of pyridine rings is 1. The average molecular weight is 350 g/mol. The minimum absolute atomic E-state index is 0.0168. The molecule has 7 nitrogen and oxygen atoms in total. The zero-order valence-electron chi connectivity index (χ0n) is 13.9. The van der Waals surface area contributed by atoms with Crippen molar-refractivity contribution >= 4 is 21.1 Å². The van der Waals surface area contributed by atoms with Crippen LogP contribution in [0.15, 0.2) is 23.0 Å². The van der Waals surface area contributed by atoms with Gasteiger partial charge in [-0.1, -0.05) is 12.1 Å². The second-order valence-corrected chi connectivity index (χ2v) is 7.87. The number of nitrogens with two attached hydrogens (primary N) is 1. The van der Waals surface area contributed by atoms with Gasteiger partial charge in [0.25, 0.3) is 10.2 Å². The smallest absolute Gasteiger partial charge is 0.276 e. The van der Waals surface area contributed by atoms with Gasteiger partial charge in [-0.15, -0.1) is 0 Å². The van der Waals surface area contributed by atoms with Crippen LogP contribution in [0, 0.1) is 13.8 Å². The number of aryl methyl sites for hydroxylation is 2. The summed E-state index contributed by atoms with van der Waals surface area (Å²) in [6, 6.07) is 5.60. The van der Waals surface area contributed by atoms with Crippen molar-refractivity contribution in [3.05, 3.63) is 45.2 Å². The number of piperazine rings is 1. The Morgan fingerprint density at radius 3 is 2.38 bits per heavy atom. The number of H-pyrrole nitrogens is 1. The monoisotopic (exact) mass is 350 g/mol. The molecular formula is C16H22N4O3S. The zero-order valence-corrected chi connectivity index (χ0v) is 14.7. The summed E-state index contributed by atoms with van der Waals surface area (Å²) in [6.07, 6.45) is 0. The van der Waals surface area contributed by atoms with Gasteiger partial charge in [-0.25, -0.2) is 5.14 Å². The maximum absolute atomic E-state index is 12.5. The van der Waals surface area contributed by atoms with E-state index in [1.807, 2.05) is 26.0 Å². The lowest BCUT2D eigenvalue weighted by Crippen LogP contribution is -2.50. The number of rotatable bonds is 3. The number of hydrogen-bond acceptors (Lipinski definition) is 4. The fourth-order valence-corrected chi connectivity index (χ4v) is 3.86. The molecule has 2 aromatic rings. The molecule has 1 aliphatic rings. The van der Waals surface area contributed by atoms with Crippen molar-refractivity contribution in [3.63, 3.8) is 0 Å². The Morgan fingerprint density at radius 2 is 1.75 bits per heavy atom. The van der Waals surface area contributed by atoms with Crippen LogP contribution in [0.4, 0.5) is 0 Å². The summed E-state index contributed by atoms with van der Waals surface area (Å²) in [7, 11) is -3.62. The lowest BCUT2D eigenvalue weighted by molar-refractivity contribution is 0.180. The van der Waals surface area contributed by atoms with Crippen molar-refractivity contribution in [1.82, 2.24) is 14.2 Å². The van der Waals surface area contributed by atoms with Crippen molar-refractivity contribution in [1.29, 1.82) is 0 Å². The Hall–Kier alpha value is -1.74. The van der Waals surface area contributed by atoms with Gasteiger partial charge in [-0.2, -0.15) is 12.7 Å². The molecule has 3 N–H and O–H groups in total. The van der Waals surface area contributed by atoms with Gasteiger partial charge < -0.3 is 4.98 Å². The van der Waals surface area contributed by atoms with Crippen LogP contribution in [-0.4, -0.2) is 48.8 Å². The number of fused-ring (bicyclic) bond motifs is 1. The van der Waals surface area contributed by atoms with E-state index in [0.29, 0.717) is 32.7 Å². The maximum atomic E-state index is 12.5. The first-order chi connectivity index (χ1) is 11.3. The standard InChI is InChI=1S/C16H22N4O3S/c1-11-3-4-12(2)16-15(11)14(21)9-13(18-16)10-19-5-7-20(8-6-19)24(17,22)23/h3-4,9H,5-8,10H2,1-2H3,(H,18,21)(H2,17,22,23). The van der Waals surface area contributed by atoms with Crippen LogP contribution in [0.25, 0.3) is 10.9 Å². The number of aromatic amines is 1. The van der Waals surface area contributed by atoms with Crippen LogP contribution in [0.5, 0.6) is 0 Å². The van der Waals surface area contributed by atoms with Crippen molar-refractivity contribution in [3.8, 4) is 0 Å². The highest BCUT2D eigenvalue weighted by molar-refractivity contribution is 7.86. The molecule has 0 radical (unpaired) electrons. The van der Waals surface area contributed by atoms with Gasteiger partial charge in [0, 0.05) is 49.9 Å². The van der Waals surface area contributed by atoms with Crippen molar-refractivity contribution in [2.45, 2.75) is 20.4 Å². The van der Waals surface area contributed by atoms with E-state index >= 15 is 0 Å². The average Bonchev–Trinajstić information content (AvgIpc) is 2.50. The summed E-state index contributed by atoms with van der Waals surface area (Å²) in [6.45, 7) is 6.41. The predicted octanol–water partition coefficient (Wildman–Crippen LogP) is 0.466. The van der Waals surface area contributed by atoms with E-state index in [2.05, 4.69) is 9.88 Å². The highest BCUT2D eigenvalue weighted by Crippen LogP contribution is 2.18. The van der Waals surface area contributed by atoms with Gasteiger partial charge in [0.15, 0.2) is 5.43 Å². The van der Waals surface area contributed by atoms with Crippen LogP contribution < -0.4 is 10.6 Å². The Labute approximate surface area is 141 Å². The first-order valence-electron chi connectivity index (χ1n) is 7.88. The first kappa shape index (κ1) is 17.1. The number of aromatic nitrogens is 1. The number of nitrogens with one attached hydrogen (secondary N) is 1. The molecule has 130 valence electrons. The summed E-state index contributed by atoms with van der Waals surface area (Å²) < 4.78 is 24.0. The van der Waals surface area contributed by atoms with Crippen molar-refractivity contribution in [2.75, 3.05) is 26.2 Å². The lowest BCUT2D eigenvalue weighted by atomic mass is 10.0. The maximum Gasteiger partial charge on any atom is 0.276 e. The zero-order chi connectivity index (χ0) is 17.5. The third kappa shape index (κ3) is 3.36. The molecule has 1 aromatic heterocycles. The van der Waals surface area contributed by atoms with E-state index < -0.39 is 10.2 Å². The number of nitrogens with zero attached hydrogens (tertiary/aromatic N) is 2. The second kappa shape index (κ2) is 6.29. The van der Waals surface area contributed by atoms with Crippen LogP contribution in [0.2, 0.25) is 0 Å². The molecule has 0 amide bonds.